The Labute approximate surface area is 115 Å². The predicted octanol–water partition coefficient (Wildman–Crippen LogP) is 0.507. The number of hydrogen-bond donors (Lipinski definition) is 2. The summed E-state index contributed by atoms with van der Waals surface area (Å²) in [6, 6.07) is 4.64. The van der Waals surface area contributed by atoms with Crippen molar-refractivity contribution in [2.75, 3.05) is 13.7 Å². The second-order valence-electron chi connectivity index (χ2n) is 4.82. The monoisotopic (exact) mass is 281 g/mol. The SMILES string of the molecule is COC(=O)C(CO)NC(=O)C1(c2ccc(F)cc2)CC1. The van der Waals surface area contributed by atoms with Crippen LogP contribution in [0.15, 0.2) is 24.3 Å². The molecular formula is C14H16FNO4. The molecular weight excluding hydrogens is 265 g/mol. The van der Waals surface area contributed by atoms with Crippen LogP contribution in [0.25, 0.3) is 0 Å². The van der Waals surface area contributed by atoms with Crippen molar-refractivity contribution in [3.63, 3.8) is 0 Å². The molecule has 20 heavy (non-hydrogen) atoms. The number of aliphatic hydroxyl groups is 1. The number of methoxy groups -OCH3 is 1. The second-order valence-corrected chi connectivity index (χ2v) is 4.82. The molecule has 1 aromatic rings. The molecule has 1 aliphatic carbocycles. The van der Waals surface area contributed by atoms with Crippen molar-refractivity contribution >= 4 is 11.9 Å². The number of carbonyl (C=O) groups is 2. The molecule has 1 amide bonds. The van der Waals surface area contributed by atoms with Crippen molar-refractivity contribution < 1.29 is 23.8 Å². The van der Waals surface area contributed by atoms with Gasteiger partial charge in [-0.25, -0.2) is 9.18 Å². The summed E-state index contributed by atoms with van der Waals surface area (Å²) < 4.78 is 17.4. The molecule has 0 aliphatic heterocycles. The highest BCUT2D eigenvalue weighted by atomic mass is 19.1. The van der Waals surface area contributed by atoms with E-state index in [0.717, 1.165) is 0 Å². The fourth-order valence-corrected chi connectivity index (χ4v) is 2.16. The molecule has 0 radical (unpaired) electrons. The van der Waals surface area contributed by atoms with Crippen LogP contribution in [0.1, 0.15) is 18.4 Å². The van der Waals surface area contributed by atoms with Crippen molar-refractivity contribution in [3.8, 4) is 0 Å². The van der Waals surface area contributed by atoms with E-state index in [1.54, 1.807) is 12.1 Å². The Bertz CT molecular complexity index is 510. The van der Waals surface area contributed by atoms with E-state index >= 15 is 0 Å². The van der Waals surface area contributed by atoms with Gasteiger partial charge in [0.1, 0.15) is 5.82 Å². The molecule has 1 unspecified atom stereocenters. The molecule has 1 saturated carbocycles. The lowest BCUT2D eigenvalue weighted by molar-refractivity contribution is -0.146. The maximum atomic E-state index is 12.9. The lowest BCUT2D eigenvalue weighted by Crippen LogP contribution is -2.48. The van der Waals surface area contributed by atoms with Crippen LogP contribution in [-0.2, 0) is 19.7 Å². The summed E-state index contributed by atoms with van der Waals surface area (Å²) in [5.41, 5.74) is -0.0206. The molecule has 108 valence electrons. The fraction of sp³-hybridized carbons (Fsp3) is 0.429. The smallest absolute Gasteiger partial charge is 0.330 e. The van der Waals surface area contributed by atoms with Gasteiger partial charge in [-0.3, -0.25) is 4.79 Å². The number of hydrogen-bond acceptors (Lipinski definition) is 4. The van der Waals surface area contributed by atoms with Crippen molar-refractivity contribution in [2.45, 2.75) is 24.3 Å². The van der Waals surface area contributed by atoms with Gasteiger partial charge in [-0.15, -0.1) is 0 Å². The number of esters is 1. The van der Waals surface area contributed by atoms with Crippen LogP contribution in [0, 0.1) is 5.82 Å². The van der Waals surface area contributed by atoms with E-state index in [1.165, 1.54) is 19.2 Å². The maximum absolute atomic E-state index is 12.9. The van der Waals surface area contributed by atoms with Gasteiger partial charge < -0.3 is 15.2 Å². The summed E-state index contributed by atoms with van der Waals surface area (Å²) in [7, 11) is 1.18. The molecule has 0 aromatic heterocycles. The van der Waals surface area contributed by atoms with Crippen molar-refractivity contribution in [3.05, 3.63) is 35.6 Å². The van der Waals surface area contributed by atoms with Gasteiger partial charge in [0.05, 0.1) is 19.1 Å². The lowest BCUT2D eigenvalue weighted by Gasteiger charge is -2.19. The molecule has 1 atom stereocenters. The lowest BCUT2D eigenvalue weighted by atomic mass is 9.94. The van der Waals surface area contributed by atoms with E-state index in [2.05, 4.69) is 10.1 Å². The molecule has 0 saturated heterocycles. The molecule has 1 fully saturated rings. The first kappa shape index (κ1) is 14.5. The molecule has 6 heteroatoms. The zero-order valence-corrected chi connectivity index (χ0v) is 11.1. The third-order valence-electron chi connectivity index (χ3n) is 3.56. The van der Waals surface area contributed by atoms with E-state index < -0.39 is 24.0 Å². The number of benzene rings is 1. The largest absolute Gasteiger partial charge is 0.467 e. The summed E-state index contributed by atoms with van der Waals surface area (Å²) >= 11 is 0. The number of ether oxygens (including phenoxy) is 1. The minimum absolute atomic E-state index is 0.353. The quantitative estimate of drug-likeness (QED) is 0.771. The van der Waals surface area contributed by atoms with Gasteiger partial charge in [0.15, 0.2) is 6.04 Å². The second kappa shape index (κ2) is 5.58. The average Bonchev–Trinajstić information content (AvgIpc) is 3.26. The van der Waals surface area contributed by atoms with Gasteiger partial charge in [-0.1, -0.05) is 12.1 Å². The standard InChI is InChI=1S/C14H16FNO4/c1-20-12(18)11(8-17)16-13(19)14(6-7-14)9-2-4-10(15)5-3-9/h2-5,11,17H,6-8H2,1H3,(H,16,19). The normalized spacial score (nSPS) is 17.1. The number of amides is 1. The minimum atomic E-state index is -1.08. The van der Waals surface area contributed by atoms with E-state index in [0.29, 0.717) is 18.4 Å². The zero-order valence-electron chi connectivity index (χ0n) is 11.1. The van der Waals surface area contributed by atoms with Crippen LogP contribution in [-0.4, -0.2) is 36.7 Å². The van der Waals surface area contributed by atoms with Crippen molar-refractivity contribution in [1.29, 1.82) is 0 Å². The average molecular weight is 281 g/mol. The van der Waals surface area contributed by atoms with Gasteiger partial charge in [0.25, 0.3) is 0 Å². The third kappa shape index (κ3) is 2.65. The third-order valence-corrected chi connectivity index (χ3v) is 3.56. The van der Waals surface area contributed by atoms with Gasteiger partial charge >= 0.3 is 5.97 Å². The fourth-order valence-electron chi connectivity index (χ4n) is 2.16. The highest BCUT2D eigenvalue weighted by Gasteiger charge is 2.51. The van der Waals surface area contributed by atoms with E-state index in [9.17, 15) is 14.0 Å². The first-order chi connectivity index (χ1) is 9.53. The minimum Gasteiger partial charge on any atom is -0.467 e. The van der Waals surface area contributed by atoms with Gasteiger partial charge in [0.2, 0.25) is 5.91 Å². The Morgan fingerprint density at radius 3 is 2.45 bits per heavy atom. The van der Waals surface area contributed by atoms with E-state index in [4.69, 9.17) is 5.11 Å². The molecule has 2 rings (SSSR count). The highest BCUT2D eigenvalue weighted by Crippen LogP contribution is 2.48. The summed E-state index contributed by atoms with van der Waals surface area (Å²) in [5.74, 6) is -1.42. The molecule has 1 aliphatic rings. The first-order valence-electron chi connectivity index (χ1n) is 6.29. The Morgan fingerprint density at radius 1 is 1.40 bits per heavy atom. The van der Waals surface area contributed by atoms with Crippen LogP contribution in [0.4, 0.5) is 4.39 Å². The Balaban J connectivity index is 2.12. The molecule has 0 heterocycles. The van der Waals surface area contributed by atoms with E-state index in [-0.39, 0.29) is 11.7 Å². The Morgan fingerprint density at radius 2 is 2.00 bits per heavy atom. The van der Waals surface area contributed by atoms with Crippen molar-refractivity contribution in [1.82, 2.24) is 5.32 Å². The molecule has 5 nitrogen and oxygen atoms in total. The number of carbonyl (C=O) groups excluding carboxylic acids is 2. The number of aliphatic hydroxyl groups excluding tert-OH is 1. The summed E-state index contributed by atoms with van der Waals surface area (Å²) in [5, 5.41) is 11.6. The van der Waals surface area contributed by atoms with Crippen LogP contribution < -0.4 is 5.32 Å². The zero-order chi connectivity index (χ0) is 14.8. The van der Waals surface area contributed by atoms with Crippen LogP contribution in [0.5, 0.6) is 0 Å². The Hall–Kier alpha value is -1.95. The van der Waals surface area contributed by atoms with Crippen LogP contribution >= 0.6 is 0 Å². The molecule has 0 spiro atoms. The van der Waals surface area contributed by atoms with Crippen molar-refractivity contribution in [2.24, 2.45) is 0 Å². The predicted molar refractivity (Wildman–Crippen MR) is 68.3 cm³/mol. The molecule has 0 bridgehead atoms. The summed E-state index contributed by atoms with van der Waals surface area (Å²) in [4.78, 5) is 23.6. The number of rotatable bonds is 5. The maximum Gasteiger partial charge on any atom is 0.330 e. The van der Waals surface area contributed by atoms with Crippen LogP contribution in [0.2, 0.25) is 0 Å². The molecule has 2 N–H and O–H groups in total. The van der Waals surface area contributed by atoms with E-state index in [1.807, 2.05) is 0 Å². The number of halogens is 1. The summed E-state index contributed by atoms with van der Waals surface area (Å²) in [6.07, 6.45) is 1.26. The van der Waals surface area contributed by atoms with Gasteiger partial charge in [-0.2, -0.15) is 0 Å². The highest BCUT2D eigenvalue weighted by molar-refractivity contribution is 5.94. The van der Waals surface area contributed by atoms with Gasteiger partial charge in [0, 0.05) is 0 Å². The van der Waals surface area contributed by atoms with Gasteiger partial charge in [-0.05, 0) is 30.5 Å². The first-order valence-corrected chi connectivity index (χ1v) is 6.29. The molecule has 1 aromatic carbocycles. The number of nitrogens with one attached hydrogen (secondary N) is 1. The van der Waals surface area contributed by atoms with Crippen LogP contribution in [0.3, 0.4) is 0 Å². The topological polar surface area (TPSA) is 75.6 Å². The summed E-state index contributed by atoms with van der Waals surface area (Å²) in [6.45, 7) is -0.530. The Kier molecular flexibility index (Phi) is 4.04.